The molecule has 0 fully saturated rings. The van der Waals surface area contributed by atoms with Crippen LogP contribution < -0.4 is 14.2 Å². The van der Waals surface area contributed by atoms with Gasteiger partial charge >= 0.3 is 0 Å². The van der Waals surface area contributed by atoms with Crippen molar-refractivity contribution in [1.82, 2.24) is 4.90 Å². The Kier molecular flexibility index (Phi) is 6.09. The molecule has 0 radical (unpaired) electrons. The fourth-order valence-electron chi connectivity index (χ4n) is 4.31. The van der Waals surface area contributed by atoms with Crippen LogP contribution in [0.15, 0.2) is 77.8 Å². The third-order valence-corrected chi connectivity index (χ3v) is 6.14. The second-order valence-corrected chi connectivity index (χ2v) is 8.07. The van der Waals surface area contributed by atoms with Crippen molar-refractivity contribution in [2.75, 3.05) is 21.3 Å². The number of nitrogens with zero attached hydrogens (tertiary/aromatic N) is 2. The van der Waals surface area contributed by atoms with Gasteiger partial charge in [-0.1, -0.05) is 36.4 Å². The number of benzene rings is 3. The van der Waals surface area contributed by atoms with Crippen LogP contribution in [0.1, 0.15) is 36.6 Å². The van der Waals surface area contributed by atoms with Crippen molar-refractivity contribution in [3.63, 3.8) is 0 Å². The molecular formula is C27H28N2O4. The average molecular weight is 445 g/mol. The summed E-state index contributed by atoms with van der Waals surface area (Å²) in [6.07, 6.45) is 0. The lowest BCUT2D eigenvalue weighted by molar-refractivity contribution is -0.130. The fourth-order valence-corrected chi connectivity index (χ4v) is 4.31. The zero-order valence-electron chi connectivity index (χ0n) is 19.5. The topological polar surface area (TPSA) is 60.4 Å². The molecule has 1 aliphatic heterocycles. The third kappa shape index (κ3) is 4.04. The molecule has 2 atom stereocenters. The van der Waals surface area contributed by atoms with E-state index in [-0.39, 0.29) is 11.9 Å². The highest BCUT2D eigenvalue weighted by molar-refractivity contribution is 6.46. The summed E-state index contributed by atoms with van der Waals surface area (Å²) < 4.78 is 16.2. The van der Waals surface area contributed by atoms with Gasteiger partial charge in [-0.3, -0.25) is 4.79 Å². The molecule has 1 aliphatic rings. The van der Waals surface area contributed by atoms with E-state index in [4.69, 9.17) is 19.2 Å². The van der Waals surface area contributed by atoms with Gasteiger partial charge in [0, 0.05) is 11.1 Å². The van der Waals surface area contributed by atoms with Gasteiger partial charge in [0.2, 0.25) is 0 Å². The molecule has 33 heavy (non-hydrogen) atoms. The van der Waals surface area contributed by atoms with Crippen molar-refractivity contribution in [3.05, 3.63) is 89.5 Å². The lowest BCUT2D eigenvalue weighted by Gasteiger charge is -2.38. The number of aliphatic imine (C=N–C) groups is 1. The molecule has 6 nitrogen and oxygen atoms in total. The predicted molar refractivity (Wildman–Crippen MR) is 128 cm³/mol. The van der Waals surface area contributed by atoms with Gasteiger partial charge in [0.25, 0.3) is 5.91 Å². The summed E-state index contributed by atoms with van der Waals surface area (Å²) in [5, 5.41) is 0. The highest BCUT2D eigenvalue weighted by Crippen LogP contribution is 2.43. The minimum absolute atomic E-state index is 0.149. The van der Waals surface area contributed by atoms with Crippen LogP contribution in [0.2, 0.25) is 0 Å². The fraction of sp³-hybridized carbons (Fsp3) is 0.259. The molecule has 0 bridgehead atoms. The van der Waals surface area contributed by atoms with Crippen molar-refractivity contribution in [3.8, 4) is 17.2 Å². The van der Waals surface area contributed by atoms with Gasteiger partial charge in [-0.15, -0.1) is 0 Å². The van der Waals surface area contributed by atoms with Crippen LogP contribution in [-0.4, -0.2) is 37.8 Å². The summed E-state index contributed by atoms with van der Waals surface area (Å²) in [6.45, 7) is 3.97. The van der Waals surface area contributed by atoms with E-state index in [9.17, 15) is 4.79 Å². The molecule has 3 aromatic carbocycles. The number of hydrogen-bond donors (Lipinski definition) is 0. The van der Waals surface area contributed by atoms with E-state index in [1.54, 1.807) is 21.3 Å². The molecule has 0 aliphatic carbocycles. The summed E-state index contributed by atoms with van der Waals surface area (Å²) in [4.78, 5) is 20.7. The first-order valence-electron chi connectivity index (χ1n) is 10.8. The SMILES string of the molecule is COc1cccc(C2=N[C@](C)(c3cccc(OC)c3)N([C@H](C)c3cccc(OC)c3)C2=O)c1. The average Bonchev–Trinajstić information content (AvgIpc) is 3.14. The van der Waals surface area contributed by atoms with Gasteiger partial charge in [0.1, 0.15) is 23.0 Å². The van der Waals surface area contributed by atoms with Crippen LogP contribution in [0, 0.1) is 0 Å². The molecular weight excluding hydrogens is 416 g/mol. The zero-order valence-corrected chi connectivity index (χ0v) is 19.5. The molecule has 0 unspecified atom stereocenters. The van der Waals surface area contributed by atoms with Crippen molar-refractivity contribution >= 4 is 11.6 Å². The van der Waals surface area contributed by atoms with E-state index in [1.807, 2.05) is 91.5 Å². The predicted octanol–water partition coefficient (Wildman–Crippen LogP) is 4.98. The first-order valence-corrected chi connectivity index (χ1v) is 10.8. The van der Waals surface area contributed by atoms with Gasteiger partial charge in [-0.2, -0.15) is 0 Å². The van der Waals surface area contributed by atoms with Gasteiger partial charge in [0.15, 0.2) is 5.66 Å². The molecule has 0 spiro atoms. The first-order chi connectivity index (χ1) is 15.9. The lowest BCUT2D eigenvalue weighted by Crippen LogP contribution is -2.44. The Morgan fingerprint density at radius 1 is 0.818 bits per heavy atom. The summed E-state index contributed by atoms with van der Waals surface area (Å²) in [5.74, 6) is 1.97. The normalized spacial score (nSPS) is 18.6. The largest absolute Gasteiger partial charge is 0.497 e. The Bertz CT molecular complexity index is 1210. The smallest absolute Gasteiger partial charge is 0.275 e. The highest BCUT2D eigenvalue weighted by Gasteiger charge is 2.48. The number of rotatable bonds is 7. The Balaban J connectivity index is 1.86. The van der Waals surface area contributed by atoms with E-state index >= 15 is 0 Å². The molecule has 6 heteroatoms. The molecule has 170 valence electrons. The quantitative estimate of drug-likeness (QED) is 0.516. The van der Waals surface area contributed by atoms with Crippen molar-refractivity contribution in [1.29, 1.82) is 0 Å². The maximum Gasteiger partial charge on any atom is 0.275 e. The van der Waals surface area contributed by atoms with E-state index in [1.165, 1.54) is 0 Å². The van der Waals surface area contributed by atoms with Crippen LogP contribution in [0.4, 0.5) is 0 Å². The van der Waals surface area contributed by atoms with Gasteiger partial charge < -0.3 is 19.1 Å². The highest BCUT2D eigenvalue weighted by atomic mass is 16.5. The maximum absolute atomic E-state index is 13.9. The van der Waals surface area contributed by atoms with Gasteiger partial charge in [-0.05, 0) is 55.8 Å². The first kappa shape index (κ1) is 22.4. The zero-order chi connectivity index (χ0) is 23.6. The van der Waals surface area contributed by atoms with E-state index in [0.717, 1.165) is 16.9 Å². The summed E-state index contributed by atoms with van der Waals surface area (Å²) in [6, 6.07) is 22.6. The number of methoxy groups -OCH3 is 3. The van der Waals surface area contributed by atoms with Crippen molar-refractivity contribution < 1.29 is 19.0 Å². The Hall–Kier alpha value is -3.80. The molecule has 1 heterocycles. The number of hydrogen-bond acceptors (Lipinski definition) is 5. The minimum Gasteiger partial charge on any atom is -0.497 e. The summed E-state index contributed by atoms with van der Waals surface area (Å²) in [7, 11) is 4.87. The molecule has 0 saturated carbocycles. The van der Waals surface area contributed by atoms with Crippen LogP contribution >= 0.6 is 0 Å². The molecule has 4 rings (SSSR count). The Morgan fingerprint density at radius 3 is 2.06 bits per heavy atom. The van der Waals surface area contributed by atoms with E-state index in [0.29, 0.717) is 22.8 Å². The third-order valence-electron chi connectivity index (χ3n) is 6.14. The molecule has 0 saturated heterocycles. The Labute approximate surface area is 194 Å². The van der Waals surface area contributed by atoms with Crippen molar-refractivity contribution in [2.24, 2.45) is 4.99 Å². The standard InChI is InChI=1S/C27H28N2O4/c1-18(19-9-6-12-22(15-19)31-3)29-26(30)25(20-10-7-13-23(16-20)32-4)28-27(29,2)21-11-8-14-24(17-21)33-5/h6-18H,1-5H3/t18-,27+/m1/s1. The van der Waals surface area contributed by atoms with Crippen LogP contribution in [0.3, 0.4) is 0 Å². The maximum atomic E-state index is 13.9. The number of carbonyl (C=O) groups excluding carboxylic acids is 1. The van der Waals surface area contributed by atoms with Gasteiger partial charge in [-0.25, -0.2) is 4.99 Å². The second kappa shape index (κ2) is 8.98. The molecule has 1 amide bonds. The minimum atomic E-state index is -0.938. The number of carbonyl (C=O) groups is 1. The summed E-state index contributed by atoms with van der Waals surface area (Å²) >= 11 is 0. The number of amides is 1. The second-order valence-electron chi connectivity index (χ2n) is 8.07. The molecule has 0 aromatic heterocycles. The Morgan fingerprint density at radius 2 is 1.39 bits per heavy atom. The summed E-state index contributed by atoms with van der Waals surface area (Å²) in [5.41, 5.74) is 2.00. The molecule has 3 aromatic rings. The van der Waals surface area contributed by atoms with E-state index in [2.05, 4.69) is 0 Å². The van der Waals surface area contributed by atoms with Gasteiger partial charge in [0.05, 0.1) is 27.4 Å². The van der Waals surface area contributed by atoms with Crippen LogP contribution in [0.25, 0.3) is 0 Å². The van der Waals surface area contributed by atoms with E-state index < -0.39 is 5.66 Å². The monoisotopic (exact) mass is 444 g/mol. The lowest BCUT2D eigenvalue weighted by atomic mass is 9.96. The number of ether oxygens (including phenoxy) is 3. The van der Waals surface area contributed by atoms with Crippen LogP contribution in [0.5, 0.6) is 17.2 Å². The molecule has 0 N–H and O–H groups in total. The van der Waals surface area contributed by atoms with Crippen molar-refractivity contribution in [2.45, 2.75) is 25.6 Å². The van der Waals surface area contributed by atoms with Crippen LogP contribution in [-0.2, 0) is 10.5 Å².